The Hall–Kier alpha value is -2.08. The zero-order valence-electron chi connectivity index (χ0n) is 15.6. The average Bonchev–Trinajstić information content (AvgIpc) is 3.41. The molecular formula is C19H31N5O. The Bertz CT molecular complexity index is 581. The fourth-order valence-electron chi connectivity index (χ4n) is 2.38. The van der Waals surface area contributed by atoms with Crippen LogP contribution >= 0.6 is 0 Å². The zero-order valence-corrected chi connectivity index (χ0v) is 15.6. The molecule has 1 aliphatic rings. The zero-order chi connectivity index (χ0) is 18.1. The maximum absolute atomic E-state index is 12.2. The third-order valence-corrected chi connectivity index (χ3v) is 4.05. The highest BCUT2D eigenvalue weighted by molar-refractivity contribution is 5.94. The number of aliphatic imine (C=N–C) groups is 1. The summed E-state index contributed by atoms with van der Waals surface area (Å²) in [7, 11) is 3.98. The number of likely N-dealkylation sites (N-methyl/N-ethyl adjacent to an activating group) is 1. The minimum atomic E-state index is -0.0357. The van der Waals surface area contributed by atoms with E-state index < -0.39 is 0 Å². The quantitative estimate of drug-likeness (QED) is 0.468. The summed E-state index contributed by atoms with van der Waals surface area (Å²) in [5.74, 6) is 1.61. The topological polar surface area (TPSA) is 68.8 Å². The molecule has 1 aliphatic carbocycles. The van der Waals surface area contributed by atoms with Gasteiger partial charge in [0.1, 0.15) is 0 Å². The summed E-state index contributed by atoms with van der Waals surface area (Å²) in [4.78, 5) is 18.9. The molecule has 0 spiro atoms. The number of carbonyl (C=O) groups is 1. The van der Waals surface area contributed by atoms with Gasteiger partial charge in [-0.3, -0.25) is 4.79 Å². The number of nitrogens with zero attached hydrogens (tertiary/aromatic N) is 2. The highest BCUT2D eigenvalue weighted by Crippen LogP contribution is 2.27. The van der Waals surface area contributed by atoms with Crippen molar-refractivity contribution in [1.82, 2.24) is 20.9 Å². The van der Waals surface area contributed by atoms with Crippen molar-refractivity contribution in [3.8, 4) is 0 Å². The molecule has 2 rings (SSSR count). The van der Waals surface area contributed by atoms with Crippen molar-refractivity contribution in [2.45, 2.75) is 26.3 Å². The largest absolute Gasteiger partial charge is 0.357 e. The molecule has 6 nitrogen and oxygen atoms in total. The molecule has 3 N–H and O–H groups in total. The summed E-state index contributed by atoms with van der Waals surface area (Å²) in [6.07, 6.45) is 2.63. The minimum Gasteiger partial charge on any atom is -0.357 e. The van der Waals surface area contributed by atoms with Crippen LogP contribution in [0.5, 0.6) is 0 Å². The van der Waals surface area contributed by atoms with Gasteiger partial charge in [0.05, 0.1) is 6.54 Å². The predicted molar refractivity (Wildman–Crippen MR) is 103 cm³/mol. The van der Waals surface area contributed by atoms with Gasteiger partial charge in [0.15, 0.2) is 5.96 Å². The molecule has 0 saturated heterocycles. The first-order valence-electron chi connectivity index (χ1n) is 9.12. The van der Waals surface area contributed by atoms with Crippen molar-refractivity contribution in [2.24, 2.45) is 10.9 Å². The second-order valence-electron chi connectivity index (χ2n) is 6.78. The number of rotatable bonds is 9. The molecule has 6 heteroatoms. The number of hydrogen-bond acceptors (Lipinski definition) is 3. The van der Waals surface area contributed by atoms with Crippen LogP contribution in [-0.2, 0) is 6.54 Å². The molecular weight excluding hydrogens is 314 g/mol. The number of amides is 1. The van der Waals surface area contributed by atoms with Crippen molar-refractivity contribution >= 4 is 11.9 Å². The first-order valence-corrected chi connectivity index (χ1v) is 9.12. The Morgan fingerprint density at radius 1 is 1.24 bits per heavy atom. The lowest BCUT2D eigenvalue weighted by atomic mass is 10.1. The van der Waals surface area contributed by atoms with Gasteiger partial charge >= 0.3 is 0 Å². The van der Waals surface area contributed by atoms with Crippen molar-refractivity contribution in [3.63, 3.8) is 0 Å². The van der Waals surface area contributed by atoms with Crippen LogP contribution in [0.4, 0.5) is 0 Å². The van der Waals surface area contributed by atoms with Gasteiger partial charge < -0.3 is 20.9 Å². The van der Waals surface area contributed by atoms with Crippen molar-refractivity contribution in [2.75, 3.05) is 40.3 Å². The molecule has 138 valence electrons. The van der Waals surface area contributed by atoms with Gasteiger partial charge in [-0.25, -0.2) is 4.99 Å². The molecule has 25 heavy (non-hydrogen) atoms. The van der Waals surface area contributed by atoms with Gasteiger partial charge in [0.2, 0.25) is 0 Å². The standard InChI is InChI=1S/C19H31N5O/c1-4-20-19(22-13-15-8-9-15)23-14-16-6-5-7-17(12-16)18(25)21-10-11-24(2)3/h5-7,12,15H,4,8-11,13-14H2,1-3H3,(H,21,25)(H2,20,22,23). The summed E-state index contributed by atoms with van der Waals surface area (Å²) < 4.78 is 0. The van der Waals surface area contributed by atoms with E-state index >= 15 is 0 Å². The fraction of sp³-hybridized carbons (Fsp3) is 0.579. The molecule has 1 fully saturated rings. The molecule has 0 aliphatic heterocycles. The van der Waals surface area contributed by atoms with Crippen LogP contribution in [0.25, 0.3) is 0 Å². The summed E-state index contributed by atoms with van der Waals surface area (Å²) in [5, 5.41) is 9.59. The van der Waals surface area contributed by atoms with Crippen molar-refractivity contribution in [1.29, 1.82) is 0 Å². The van der Waals surface area contributed by atoms with Crippen LogP contribution in [0, 0.1) is 5.92 Å². The Labute approximate surface area is 151 Å². The van der Waals surface area contributed by atoms with E-state index in [0.717, 1.165) is 37.1 Å². The summed E-state index contributed by atoms with van der Waals surface area (Å²) in [5.41, 5.74) is 1.71. The van der Waals surface area contributed by atoms with E-state index in [4.69, 9.17) is 0 Å². The number of guanidine groups is 1. The Kier molecular flexibility index (Phi) is 7.73. The van der Waals surface area contributed by atoms with Gasteiger partial charge in [-0.05, 0) is 57.5 Å². The van der Waals surface area contributed by atoms with E-state index in [1.807, 2.05) is 43.3 Å². The first-order chi connectivity index (χ1) is 12.1. The molecule has 0 bridgehead atoms. The van der Waals surface area contributed by atoms with Gasteiger partial charge in [-0.1, -0.05) is 12.1 Å². The number of carbonyl (C=O) groups excluding carboxylic acids is 1. The highest BCUT2D eigenvalue weighted by atomic mass is 16.1. The molecule has 0 heterocycles. The second-order valence-corrected chi connectivity index (χ2v) is 6.78. The lowest BCUT2D eigenvalue weighted by Crippen LogP contribution is -2.38. The third-order valence-electron chi connectivity index (χ3n) is 4.05. The smallest absolute Gasteiger partial charge is 0.251 e. The summed E-state index contributed by atoms with van der Waals surface area (Å²) in [6.45, 7) is 5.91. The van der Waals surface area contributed by atoms with Crippen LogP contribution in [0.2, 0.25) is 0 Å². The molecule has 0 radical (unpaired) electrons. The van der Waals surface area contributed by atoms with Crippen LogP contribution in [0.3, 0.4) is 0 Å². The number of hydrogen-bond donors (Lipinski definition) is 3. The van der Waals surface area contributed by atoms with Crippen LogP contribution < -0.4 is 16.0 Å². The maximum atomic E-state index is 12.2. The summed E-state index contributed by atoms with van der Waals surface area (Å²) in [6, 6.07) is 7.68. The molecule has 1 aromatic carbocycles. The Morgan fingerprint density at radius 3 is 2.72 bits per heavy atom. The predicted octanol–water partition coefficient (Wildman–Crippen LogP) is 1.44. The van der Waals surface area contributed by atoms with Crippen molar-refractivity contribution < 1.29 is 4.79 Å². The summed E-state index contributed by atoms with van der Waals surface area (Å²) >= 11 is 0. The van der Waals surface area contributed by atoms with E-state index in [0.29, 0.717) is 18.7 Å². The monoisotopic (exact) mass is 345 g/mol. The Morgan fingerprint density at radius 2 is 2.04 bits per heavy atom. The van der Waals surface area contributed by atoms with E-state index in [9.17, 15) is 4.79 Å². The molecule has 1 amide bonds. The lowest BCUT2D eigenvalue weighted by Gasteiger charge is -2.12. The molecule has 1 saturated carbocycles. The first kappa shape index (κ1) is 19.2. The highest BCUT2D eigenvalue weighted by Gasteiger charge is 2.21. The van der Waals surface area contributed by atoms with E-state index in [-0.39, 0.29) is 5.91 Å². The molecule has 0 atom stereocenters. The number of benzene rings is 1. The van der Waals surface area contributed by atoms with E-state index in [1.54, 1.807) is 0 Å². The Balaban J connectivity index is 1.89. The van der Waals surface area contributed by atoms with E-state index in [2.05, 4.69) is 27.9 Å². The van der Waals surface area contributed by atoms with Gasteiger partial charge in [-0.15, -0.1) is 0 Å². The lowest BCUT2D eigenvalue weighted by molar-refractivity contribution is 0.0951. The van der Waals surface area contributed by atoms with Gasteiger partial charge in [-0.2, -0.15) is 0 Å². The van der Waals surface area contributed by atoms with Crippen LogP contribution in [0.1, 0.15) is 35.7 Å². The second kappa shape index (κ2) is 10.0. The van der Waals surface area contributed by atoms with Crippen LogP contribution in [0.15, 0.2) is 29.3 Å². The van der Waals surface area contributed by atoms with Crippen LogP contribution in [-0.4, -0.2) is 57.0 Å². The SMILES string of the molecule is CCNC(=NCc1cccc(C(=O)NCCN(C)C)c1)NCC1CC1. The van der Waals surface area contributed by atoms with Gasteiger partial charge in [0.25, 0.3) is 5.91 Å². The molecule has 0 aromatic heterocycles. The van der Waals surface area contributed by atoms with E-state index in [1.165, 1.54) is 12.8 Å². The van der Waals surface area contributed by atoms with Crippen molar-refractivity contribution in [3.05, 3.63) is 35.4 Å². The average molecular weight is 345 g/mol. The third kappa shape index (κ3) is 7.56. The minimum absolute atomic E-state index is 0.0357. The van der Waals surface area contributed by atoms with Gasteiger partial charge in [0, 0.05) is 31.7 Å². The number of nitrogens with one attached hydrogen (secondary N) is 3. The maximum Gasteiger partial charge on any atom is 0.251 e. The molecule has 0 unspecified atom stereocenters. The fourth-order valence-corrected chi connectivity index (χ4v) is 2.38. The normalized spacial score (nSPS) is 14.5. The molecule has 1 aromatic rings.